The summed E-state index contributed by atoms with van der Waals surface area (Å²) >= 11 is 12.1. The van der Waals surface area contributed by atoms with Crippen LogP contribution in [0, 0.1) is 0 Å². The van der Waals surface area contributed by atoms with Crippen LogP contribution in [0.4, 0.5) is 0 Å². The lowest BCUT2D eigenvalue weighted by Crippen LogP contribution is -2.41. The summed E-state index contributed by atoms with van der Waals surface area (Å²) in [6.45, 7) is 3.95. The Balaban J connectivity index is 0.00000484. The van der Waals surface area contributed by atoms with Gasteiger partial charge in [0.2, 0.25) is 0 Å². The Kier molecular flexibility index (Phi) is 12.1. The molecule has 23 heavy (non-hydrogen) atoms. The average Bonchev–Trinajstić information content (AvgIpc) is 2.75. The zero-order valence-electron chi connectivity index (χ0n) is 14.0. The van der Waals surface area contributed by atoms with Crippen molar-refractivity contribution in [3.8, 4) is 0 Å². The molecular weight excluding hydrogens is 452 g/mol. The molecule has 0 aliphatic rings. The van der Waals surface area contributed by atoms with Gasteiger partial charge in [0.05, 0.1) is 18.2 Å². The molecular formula is C14H26Cl2IN5O. The molecule has 1 aromatic rings. The van der Waals surface area contributed by atoms with E-state index in [0.717, 1.165) is 37.9 Å². The molecule has 0 amide bonds. The first-order chi connectivity index (χ1) is 10.5. The molecule has 6 nitrogen and oxygen atoms in total. The third kappa shape index (κ3) is 7.93. The second kappa shape index (κ2) is 12.2. The van der Waals surface area contributed by atoms with Crippen LogP contribution in [0.3, 0.4) is 0 Å². The number of hydrogen-bond donors (Lipinski definition) is 2. The van der Waals surface area contributed by atoms with Crippen molar-refractivity contribution in [1.82, 2.24) is 20.1 Å². The van der Waals surface area contributed by atoms with Crippen molar-refractivity contribution in [3.63, 3.8) is 0 Å². The van der Waals surface area contributed by atoms with Crippen molar-refractivity contribution >= 4 is 53.1 Å². The molecule has 0 unspecified atom stereocenters. The lowest BCUT2D eigenvalue weighted by Gasteiger charge is -2.18. The SMILES string of the molecule is CN=C(NCCN(C)CCOC)NCc1cc(Cl)c(Cl)n1C.I. The number of methoxy groups -OCH3 is 1. The van der Waals surface area contributed by atoms with E-state index < -0.39 is 0 Å². The summed E-state index contributed by atoms with van der Waals surface area (Å²) in [6.07, 6.45) is 0. The smallest absolute Gasteiger partial charge is 0.191 e. The van der Waals surface area contributed by atoms with Crippen LogP contribution in [0.25, 0.3) is 0 Å². The Hall–Kier alpha value is -0.220. The third-order valence-electron chi connectivity index (χ3n) is 3.34. The average molecular weight is 478 g/mol. The fourth-order valence-corrected chi connectivity index (χ4v) is 2.29. The van der Waals surface area contributed by atoms with Crippen LogP contribution in [0.15, 0.2) is 11.1 Å². The molecule has 0 bridgehead atoms. The number of halogens is 3. The van der Waals surface area contributed by atoms with Crippen LogP contribution in [-0.2, 0) is 18.3 Å². The minimum atomic E-state index is 0. The number of nitrogens with one attached hydrogen (secondary N) is 2. The van der Waals surface area contributed by atoms with Gasteiger partial charge in [-0.25, -0.2) is 0 Å². The third-order valence-corrected chi connectivity index (χ3v) is 4.18. The van der Waals surface area contributed by atoms with Crippen LogP contribution < -0.4 is 10.6 Å². The van der Waals surface area contributed by atoms with E-state index in [-0.39, 0.29) is 24.0 Å². The molecule has 0 fully saturated rings. The first kappa shape index (κ1) is 22.8. The topological polar surface area (TPSA) is 53.8 Å². The molecule has 9 heteroatoms. The molecule has 1 rings (SSSR count). The van der Waals surface area contributed by atoms with Gasteiger partial charge in [0.1, 0.15) is 5.15 Å². The molecule has 0 aromatic carbocycles. The van der Waals surface area contributed by atoms with Crippen molar-refractivity contribution in [3.05, 3.63) is 21.9 Å². The zero-order valence-corrected chi connectivity index (χ0v) is 17.9. The molecule has 0 aliphatic carbocycles. The predicted octanol–water partition coefficient (Wildman–Crippen LogP) is 2.19. The Morgan fingerprint density at radius 1 is 1.35 bits per heavy atom. The lowest BCUT2D eigenvalue weighted by atomic mass is 10.4. The van der Waals surface area contributed by atoms with Crippen molar-refractivity contribution in [2.24, 2.45) is 12.0 Å². The van der Waals surface area contributed by atoms with Gasteiger partial charge in [-0.2, -0.15) is 0 Å². The first-order valence-corrected chi connectivity index (χ1v) is 7.86. The maximum Gasteiger partial charge on any atom is 0.191 e. The van der Waals surface area contributed by atoms with Crippen LogP contribution in [0.5, 0.6) is 0 Å². The summed E-state index contributed by atoms with van der Waals surface area (Å²) in [7, 11) is 7.39. The maximum absolute atomic E-state index is 6.05. The largest absolute Gasteiger partial charge is 0.383 e. The van der Waals surface area contributed by atoms with Gasteiger partial charge in [0.25, 0.3) is 0 Å². The highest BCUT2D eigenvalue weighted by molar-refractivity contribution is 14.0. The van der Waals surface area contributed by atoms with Crippen molar-refractivity contribution in [1.29, 1.82) is 0 Å². The fourth-order valence-electron chi connectivity index (χ4n) is 1.88. The van der Waals surface area contributed by atoms with E-state index in [0.29, 0.717) is 16.7 Å². The van der Waals surface area contributed by atoms with Gasteiger partial charge in [-0.3, -0.25) is 4.99 Å². The summed E-state index contributed by atoms with van der Waals surface area (Å²) in [4.78, 5) is 6.39. The Morgan fingerprint density at radius 2 is 2.04 bits per heavy atom. The lowest BCUT2D eigenvalue weighted by molar-refractivity contribution is 0.162. The van der Waals surface area contributed by atoms with Gasteiger partial charge in [-0.05, 0) is 13.1 Å². The molecule has 0 spiro atoms. The predicted molar refractivity (Wildman–Crippen MR) is 108 cm³/mol. The highest BCUT2D eigenvalue weighted by atomic mass is 127. The highest BCUT2D eigenvalue weighted by Gasteiger charge is 2.09. The van der Waals surface area contributed by atoms with Gasteiger partial charge in [-0.1, -0.05) is 23.2 Å². The summed E-state index contributed by atoms with van der Waals surface area (Å²) in [5.74, 6) is 0.744. The van der Waals surface area contributed by atoms with Crippen LogP contribution >= 0.6 is 47.2 Å². The number of aromatic nitrogens is 1. The van der Waals surface area contributed by atoms with Crippen molar-refractivity contribution < 1.29 is 4.74 Å². The number of guanidine groups is 1. The number of likely N-dealkylation sites (N-methyl/N-ethyl adjacent to an activating group) is 1. The van der Waals surface area contributed by atoms with Gasteiger partial charge in [-0.15, -0.1) is 24.0 Å². The molecule has 0 saturated carbocycles. The van der Waals surface area contributed by atoms with Crippen LogP contribution in [-0.4, -0.2) is 62.9 Å². The van der Waals surface area contributed by atoms with Crippen molar-refractivity contribution in [2.75, 3.05) is 47.4 Å². The van der Waals surface area contributed by atoms with E-state index in [1.54, 1.807) is 14.2 Å². The maximum atomic E-state index is 6.05. The van der Waals surface area contributed by atoms with Gasteiger partial charge < -0.3 is 24.8 Å². The quantitative estimate of drug-likeness (QED) is 0.342. The normalized spacial score (nSPS) is 11.5. The number of ether oxygens (including phenoxy) is 1. The Labute approximate surface area is 165 Å². The molecule has 0 aliphatic heterocycles. The molecule has 134 valence electrons. The molecule has 0 atom stereocenters. The minimum Gasteiger partial charge on any atom is -0.383 e. The van der Waals surface area contributed by atoms with Gasteiger partial charge in [0, 0.05) is 46.5 Å². The van der Waals surface area contributed by atoms with Crippen LogP contribution in [0.1, 0.15) is 5.69 Å². The number of nitrogens with zero attached hydrogens (tertiary/aromatic N) is 3. The van der Waals surface area contributed by atoms with E-state index >= 15 is 0 Å². The Morgan fingerprint density at radius 3 is 2.57 bits per heavy atom. The fraction of sp³-hybridized carbons (Fsp3) is 0.643. The molecule has 1 aromatic heterocycles. The van der Waals surface area contributed by atoms with Gasteiger partial charge >= 0.3 is 0 Å². The first-order valence-electron chi connectivity index (χ1n) is 7.11. The molecule has 0 radical (unpaired) electrons. The van der Waals surface area contributed by atoms with E-state index in [2.05, 4.69) is 27.6 Å². The van der Waals surface area contributed by atoms with Crippen LogP contribution in [0.2, 0.25) is 10.2 Å². The molecule has 1 heterocycles. The summed E-state index contributed by atoms with van der Waals surface area (Å²) in [5.41, 5.74) is 0.996. The van der Waals surface area contributed by atoms with Gasteiger partial charge in [0.15, 0.2) is 5.96 Å². The molecule has 0 saturated heterocycles. The van der Waals surface area contributed by atoms with Crippen molar-refractivity contribution in [2.45, 2.75) is 6.54 Å². The van der Waals surface area contributed by atoms with E-state index in [9.17, 15) is 0 Å². The summed E-state index contributed by atoms with van der Waals surface area (Å²) in [6, 6.07) is 1.85. The minimum absolute atomic E-state index is 0. The number of hydrogen-bond acceptors (Lipinski definition) is 3. The highest BCUT2D eigenvalue weighted by Crippen LogP contribution is 2.24. The van der Waals surface area contributed by atoms with E-state index in [4.69, 9.17) is 27.9 Å². The number of rotatable bonds is 8. The Bertz CT molecular complexity index is 496. The standard InChI is InChI=1S/C14H25Cl2N5O.HI/c1-17-14(18-5-6-20(2)7-8-22-4)19-10-11-9-12(15)13(16)21(11)3;/h9H,5-8,10H2,1-4H3,(H2,17,18,19);1H. The van der Waals surface area contributed by atoms with E-state index in [1.807, 2.05) is 17.7 Å². The van der Waals surface area contributed by atoms with E-state index in [1.165, 1.54) is 0 Å². The zero-order chi connectivity index (χ0) is 16.5. The monoisotopic (exact) mass is 477 g/mol. The summed E-state index contributed by atoms with van der Waals surface area (Å²) < 4.78 is 6.90. The molecule has 2 N–H and O–H groups in total. The summed E-state index contributed by atoms with van der Waals surface area (Å²) in [5, 5.41) is 7.61. The number of aliphatic imine (C=N–C) groups is 1. The second-order valence-electron chi connectivity index (χ2n) is 4.98. The second-order valence-corrected chi connectivity index (χ2v) is 5.75.